The van der Waals surface area contributed by atoms with Crippen LogP contribution in [-0.2, 0) is 9.53 Å². The molecule has 0 spiro atoms. The first-order valence-corrected chi connectivity index (χ1v) is 13.3. The Labute approximate surface area is 209 Å². The molecule has 1 heterocycles. The summed E-state index contributed by atoms with van der Waals surface area (Å²) in [6, 6.07) is 0. The SMILES string of the molecule is C#CC(C)C1=CCCC(C)=C1.CC1=CC2[C@H](C=C1C[C@@H]1CC[C@H](C=O)O1)C(C)(C)CCC2(C)C. The molecule has 2 nitrogen and oxygen atoms in total. The monoisotopic (exact) mass is 462 g/mol. The van der Waals surface area contributed by atoms with Crippen molar-refractivity contribution in [2.75, 3.05) is 0 Å². The Bertz CT molecular complexity index is 917. The van der Waals surface area contributed by atoms with Gasteiger partial charge >= 0.3 is 0 Å². The summed E-state index contributed by atoms with van der Waals surface area (Å²) >= 11 is 0. The minimum Gasteiger partial charge on any atom is -0.367 e. The Balaban J connectivity index is 0.000000248. The van der Waals surface area contributed by atoms with Gasteiger partial charge in [-0.3, -0.25) is 0 Å². The highest BCUT2D eigenvalue weighted by atomic mass is 16.5. The van der Waals surface area contributed by atoms with Gasteiger partial charge in [-0.1, -0.05) is 69.1 Å². The molecule has 0 bridgehead atoms. The molecule has 1 aliphatic heterocycles. The van der Waals surface area contributed by atoms with Crippen LogP contribution in [0.4, 0.5) is 0 Å². The molecular formula is C32H46O2. The topological polar surface area (TPSA) is 26.3 Å². The van der Waals surface area contributed by atoms with Crippen molar-refractivity contribution in [2.24, 2.45) is 28.6 Å². The molecule has 186 valence electrons. The van der Waals surface area contributed by atoms with Crippen molar-refractivity contribution in [1.82, 2.24) is 0 Å². The average Bonchev–Trinajstić information content (AvgIpc) is 3.25. The van der Waals surface area contributed by atoms with Crippen molar-refractivity contribution in [3.05, 3.63) is 46.6 Å². The maximum atomic E-state index is 10.9. The maximum absolute atomic E-state index is 10.9. The number of fused-ring (bicyclic) bond motifs is 1. The van der Waals surface area contributed by atoms with E-state index in [4.69, 9.17) is 11.2 Å². The van der Waals surface area contributed by atoms with E-state index in [-0.39, 0.29) is 18.1 Å². The van der Waals surface area contributed by atoms with Gasteiger partial charge in [0.05, 0.1) is 6.10 Å². The number of allylic oxidation sites excluding steroid dienone is 7. The van der Waals surface area contributed by atoms with Crippen LogP contribution in [0.3, 0.4) is 0 Å². The lowest BCUT2D eigenvalue weighted by Crippen LogP contribution is -2.44. The van der Waals surface area contributed by atoms with Gasteiger partial charge in [0.25, 0.3) is 0 Å². The van der Waals surface area contributed by atoms with Crippen molar-refractivity contribution in [1.29, 1.82) is 0 Å². The molecule has 1 saturated heterocycles. The summed E-state index contributed by atoms with van der Waals surface area (Å²) in [4.78, 5) is 10.9. The van der Waals surface area contributed by atoms with E-state index in [1.165, 1.54) is 41.6 Å². The third-order valence-corrected chi connectivity index (χ3v) is 8.74. The van der Waals surface area contributed by atoms with Gasteiger partial charge in [0.2, 0.25) is 0 Å². The van der Waals surface area contributed by atoms with Crippen LogP contribution in [0.1, 0.15) is 93.4 Å². The van der Waals surface area contributed by atoms with E-state index < -0.39 is 0 Å². The number of hydrogen-bond donors (Lipinski definition) is 0. The summed E-state index contributed by atoms with van der Waals surface area (Å²) in [6.45, 7) is 16.2. The first kappa shape index (κ1) is 26.7. The van der Waals surface area contributed by atoms with E-state index in [9.17, 15) is 4.79 Å². The predicted molar refractivity (Wildman–Crippen MR) is 143 cm³/mol. The first-order chi connectivity index (χ1) is 16.0. The molecule has 3 aliphatic carbocycles. The van der Waals surface area contributed by atoms with Gasteiger partial charge in [-0.05, 0) is 99.5 Å². The van der Waals surface area contributed by atoms with Gasteiger partial charge in [0.1, 0.15) is 12.4 Å². The highest BCUT2D eigenvalue weighted by Crippen LogP contribution is 2.56. The molecule has 2 unspecified atom stereocenters. The van der Waals surface area contributed by atoms with E-state index in [1.54, 1.807) is 0 Å². The zero-order valence-electron chi connectivity index (χ0n) is 22.6. The second-order valence-electron chi connectivity index (χ2n) is 12.4. The van der Waals surface area contributed by atoms with Crippen LogP contribution in [0.15, 0.2) is 46.6 Å². The van der Waals surface area contributed by atoms with Gasteiger partial charge in [0, 0.05) is 5.92 Å². The minimum atomic E-state index is -0.175. The summed E-state index contributed by atoms with van der Waals surface area (Å²) in [7, 11) is 0. The maximum Gasteiger partial charge on any atom is 0.148 e. The average molecular weight is 463 g/mol. The first-order valence-electron chi connectivity index (χ1n) is 13.3. The Morgan fingerprint density at radius 2 is 1.76 bits per heavy atom. The van der Waals surface area contributed by atoms with Crippen LogP contribution >= 0.6 is 0 Å². The molecule has 34 heavy (non-hydrogen) atoms. The third kappa shape index (κ3) is 6.23. The van der Waals surface area contributed by atoms with Gasteiger partial charge in [-0.15, -0.1) is 6.42 Å². The number of carbonyl (C=O) groups is 1. The van der Waals surface area contributed by atoms with Crippen molar-refractivity contribution >= 4 is 6.29 Å². The molecular weight excluding hydrogens is 416 g/mol. The fourth-order valence-corrected chi connectivity index (χ4v) is 6.07. The summed E-state index contributed by atoms with van der Waals surface area (Å²) in [6.07, 6.45) is 23.7. The molecule has 4 rings (SSSR count). The predicted octanol–water partition coefficient (Wildman–Crippen LogP) is 8.01. The molecule has 0 N–H and O–H groups in total. The van der Waals surface area contributed by atoms with E-state index in [0.717, 1.165) is 32.0 Å². The highest BCUT2D eigenvalue weighted by molar-refractivity contribution is 5.56. The molecule has 1 saturated carbocycles. The molecule has 0 aromatic heterocycles. The zero-order valence-corrected chi connectivity index (χ0v) is 22.6. The largest absolute Gasteiger partial charge is 0.367 e. The fourth-order valence-electron chi connectivity index (χ4n) is 6.07. The van der Waals surface area contributed by atoms with Crippen molar-refractivity contribution in [2.45, 2.75) is 106 Å². The van der Waals surface area contributed by atoms with Crippen LogP contribution < -0.4 is 0 Å². The molecule has 0 radical (unpaired) electrons. The molecule has 2 fully saturated rings. The Morgan fingerprint density at radius 3 is 2.32 bits per heavy atom. The van der Waals surface area contributed by atoms with Crippen molar-refractivity contribution in [3.63, 3.8) is 0 Å². The molecule has 0 amide bonds. The van der Waals surface area contributed by atoms with Crippen LogP contribution in [0, 0.1) is 40.9 Å². The molecule has 0 aromatic rings. The van der Waals surface area contributed by atoms with E-state index in [0.29, 0.717) is 22.7 Å². The Hall–Kier alpha value is -1.85. The lowest BCUT2D eigenvalue weighted by molar-refractivity contribution is -0.117. The van der Waals surface area contributed by atoms with Crippen molar-refractivity contribution in [3.8, 4) is 12.3 Å². The molecule has 0 aromatic carbocycles. The number of hydrogen-bond acceptors (Lipinski definition) is 2. The van der Waals surface area contributed by atoms with E-state index in [2.05, 4.69) is 78.7 Å². The smallest absolute Gasteiger partial charge is 0.148 e. The molecule has 4 aliphatic rings. The van der Waals surface area contributed by atoms with Crippen LogP contribution in [0.25, 0.3) is 0 Å². The summed E-state index contributed by atoms with van der Waals surface area (Å²) in [5, 5.41) is 0. The zero-order chi connectivity index (χ0) is 25.1. The Morgan fingerprint density at radius 1 is 1.12 bits per heavy atom. The minimum absolute atomic E-state index is 0.175. The molecule has 5 atom stereocenters. The highest BCUT2D eigenvalue weighted by Gasteiger charge is 2.47. The van der Waals surface area contributed by atoms with Gasteiger partial charge in [-0.2, -0.15) is 0 Å². The summed E-state index contributed by atoms with van der Waals surface area (Å²) < 4.78 is 5.85. The summed E-state index contributed by atoms with van der Waals surface area (Å²) in [5.74, 6) is 4.28. The third-order valence-electron chi connectivity index (χ3n) is 8.74. The number of ether oxygens (including phenoxy) is 1. The second-order valence-corrected chi connectivity index (χ2v) is 12.4. The number of terminal acetylenes is 1. The van der Waals surface area contributed by atoms with Crippen LogP contribution in [0.2, 0.25) is 0 Å². The summed E-state index contributed by atoms with van der Waals surface area (Å²) in [5.41, 5.74) is 6.39. The normalized spacial score (nSPS) is 32.4. The van der Waals surface area contributed by atoms with Gasteiger partial charge < -0.3 is 9.53 Å². The fraction of sp³-hybridized carbons (Fsp3) is 0.656. The lowest BCUT2D eigenvalue weighted by atomic mass is 9.52. The number of carbonyl (C=O) groups excluding carboxylic acids is 1. The Kier molecular flexibility index (Phi) is 8.51. The van der Waals surface area contributed by atoms with E-state index >= 15 is 0 Å². The van der Waals surface area contributed by atoms with Gasteiger partial charge in [-0.25, -0.2) is 0 Å². The molecule has 2 heteroatoms. The quantitative estimate of drug-likeness (QED) is 0.312. The van der Waals surface area contributed by atoms with Crippen LogP contribution in [-0.4, -0.2) is 18.5 Å². The van der Waals surface area contributed by atoms with E-state index in [1.807, 2.05) is 0 Å². The van der Waals surface area contributed by atoms with Crippen LogP contribution in [0.5, 0.6) is 0 Å². The number of aldehydes is 1. The van der Waals surface area contributed by atoms with Gasteiger partial charge in [0.15, 0.2) is 0 Å². The number of rotatable bonds is 4. The lowest BCUT2D eigenvalue weighted by Gasteiger charge is -2.52. The van der Waals surface area contributed by atoms with Crippen molar-refractivity contribution < 1.29 is 9.53 Å². The standard InChI is InChI=1S/C21H32O2.C11H14/c1-14-10-18-19(21(4,5)9-8-20(18,2)3)12-15(14)11-16-6-7-17(13-22)23-16;1-4-10(3)11-7-5-6-9(2)8-11/h10,12-13,16-19H,6-9,11H2,1-5H3;1,7-8,10H,5-6H2,2-3H3/t16-,17+,18?,19-;/m0./s1. The second kappa shape index (κ2) is 10.8.